The molecule has 0 aliphatic carbocycles. The summed E-state index contributed by atoms with van der Waals surface area (Å²) >= 11 is 1.00. The summed E-state index contributed by atoms with van der Waals surface area (Å²) in [7, 11) is 1.73. The lowest BCUT2D eigenvalue weighted by atomic mass is 10.1. The highest BCUT2D eigenvalue weighted by Gasteiger charge is 2.16. The van der Waals surface area contributed by atoms with Gasteiger partial charge in [0, 0.05) is 32.3 Å². The number of aromatic hydroxyl groups is 1. The van der Waals surface area contributed by atoms with Gasteiger partial charge in [-0.15, -0.1) is 24.8 Å². The smallest absolute Gasteiger partial charge is 0.305 e. The summed E-state index contributed by atoms with van der Waals surface area (Å²) in [5.74, 6) is 0.676. The number of ether oxygens (including phenoxy) is 1. The number of fused-ring (bicyclic) bond motifs is 1. The number of nitrogens with zero attached hydrogens (tertiary/aromatic N) is 1. The standard InChI is InChI=1S/C25H35N3O4S.2ClH/c1-17(2)10-12-28(16-32-3)15-19-6-4-5-18(13-19)9-11-26-14-22(30)20-7-8-21(29)23-24(20)33-25(31)27-23;;/h4-8,13,17,22,26,29-30H,9-12,14-16H2,1-3H3,(H,27,31);2*1H. The van der Waals surface area contributed by atoms with Crippen molar-refractivity contribution < 1.29 is 14.9 Å². The van der Waals surface area contributed by atoms with Gasteiger partial charge >= 0.3 is 4.87 Å². The Hall–Kier alpha value is -1.65. The van der Waals surface area contributed by atoms with E-state index in [2.05, 4.69) is 53.3 Å². The third-order valence-electron chi connectivity index (χ3n) is 5.61. The molecule has 0 aliphatic heterocycles. The first kappa shape index (κ1) is 31.4. The lowest BCUT2D eigenvalue weighted by molar-refractivity contribution is 0.0547. The molecule has 1 atom stereocenters. The number of aromatic amines is 1. The number of nitrogens with one attached hydrogen (secondary N) is 2. The lowest BCUT2D eigenvalue weighted by Gasteiger charge is -2.22. The molecule has 196 valence electrons. The van der Waals surface area contributed by atoms with E-state index in [9.17, 15) is 15.0 Å². The molecule has 0 spiro atoms. The molecule has 0 amide bonds. The minimum atomic E-state index is -0.769. The average Bonchev–Trinajstić information content (AvgIpc) is 3.18. The zero-order chi connectivity index (χ0) is 23.8. The van der Waals surface area contributed by atoms with Crippen LogP contribution in [-0.4, -0.2) is 53.6 Å². The number of methoxy groups -OCH3 is 1. The van der Waals surface area contributed by atoms with Gasteiger partial charge in [0.25, 0.3) is 0 Å². The number of aliphatic hydroxyl groups excluding tert-OH is 1. The van der Waals surface area contributed by atoms with E-state index < -0.39 is 6.10 Å². The first-order valence-electron chi connectivity index (χ1n) is 11.4. The quantitative estimate of drug-likeness (QED) is 0.187. The largest absolute Gasteiger partial charge is 0.506 e. The van der Waals surface area contributed by atoms with E-state index in [1.54, 1.807) is 13.2 Å². The first-order valence-corrected chi connectivity index (χ1v) is 12.2. The molecule has 0 bridgehead atoms. The number of benzene rings is 2. The number of aromatic nitrogens is 1. The van der Waals surface area contributed by atoms with Crippen molar-refractivity contribution in [3.8, 4) is 5.75 Å². The highest BCUT2D eigenvalue weighted by atomic mass is 35.5. The molecule has 0 saturated heterocycles. The van der Waals surface area contributed by atoms with E-state index in [1.807, 2.05) is 0 Å². The van der Waals surface area contributed by atoms with Gasteiger partial charge in [-0.25, -0.2) is 0 Å². The Kier molecular flexibility index (Phi) is 13.9. The molecular weight excluding hydrogens is 509 g/mol. The van der Waals surface area contributed by atoms with Gasteiger partial charge in [0.2, 0.25) is 0 Å². The average molecular weight is 547 g/mol. The molecule has 7 nitrogen and oxygen atoms in total. The summed E-state index contributed by atoms with van der Waals surface area (Å²) in [5, 5.41) is 23.9. The minimum Gasteiger partial charge on any atom is -0.506 e. The number of H-pyrrole nitrogens is 1. The van der Waals surface area contributed by atoms with Crippen LogP contribution in [0.5, 0.6) is 5.75 Å². The molecular formula is C25H37Cl2N3O4S. The summed E-state index contributed by atoms with van der Waals surface area (Å²) in [6.45, 7) is 8.05. The van der Waals surface area contributed by atoms with Crippen LogP contribution < -0.4 is 10.2 Å². The van der Waals surface area contributed by atoms with Gasteiger partial charge in [-0.2, -0.15) is 0 Å². The predicted octanol–water partition coefficient (Wildman–Crippen LogP) is 4.46. The van der Waals surface area contributed by atoms with Crippen molar-refractivity contribution in [2.75, 3.05) is 33.5 Å². The Bertz CT molecular complexity index is 1090. The topological polar surface area (TPSA) is 97.8 Å². The monoisotopic (exact) mass is 545 g/mol. The highest BCUT2D eigenvalue weighted by molar-refractivity contribution is 7.16. The third kappa shape index (κ3) is 9.38. The van der Waals surface area contributed by atoms with Gasteiger partial charge in [-0.1, -0.05) is 55.5 Å². The van der Waals surface area contributed by atoms with Crippen LogP contribution in [0.3, 0.4) is 0 Å². The number of rotatable bonds is 13. The molecule has 1 heterocycles. The molecule has 1 aromatic heterocycles. The maximum absolute atomic E-state index is 11.7. The van der Waals surface area contributed by atoms with Crippen molar-refractivity contribution in [3.63, 3.8) is 0 Å². The maximum Gasteiger partial charge on any atom is 0.305 e. The summed E-state index contributed by atoms with van der Waals surface area (Å²) in [4.78, 5) is 16.4. The zero-order valence-corrected chi connectivity index (χ0v) is 22.9. The number of phenols is 1. The van der Waals surface area contributed by atoms with Crippen molar-refractivity contribution in [1.29, 1.82) is 0 Å². The second kappa shape index (κ2) is 15.5. The SMILES string of the molecule is COCN(CCC(C)C)Cc1cccc(CCNCC(O)c2ccc(O)c3[nH]c(=O)sc23)c1.Cl.Cl. The molecule has 1 unspecified atom stereocenters. The third-order valence-corrected chi connectivity index (χ3v) is 6.54. The molecule has 0 saturated carbocycles. The normalized spacial score (nSPS) is 12.1. The second-order valence-corrected chi connectivity index (χ2v) is 9.82. The van der Waals surface area contributed by atoms with Crippen molar-refractivity contribution >= 4 is 46.4 Å². The summed E-state index contributed by atoms with van der Waals surface area (Å²) in [6.07, 6.45) is 1.22. The molecule has 4 N–H and O–H groups in total. The van der Waals surface area contributed by atoms with Gasteiger partial charge in [-0.05, 0) is 42.5 Å². The van der Waals surface area contributed by atoms with E-state index in [-0.39, 0.29) is 35.4 Å². The number of hydrogen-bond acceptors (Lipinski definition) is 7. The second-order valence-electron chi connectivity index (χ2n) is 8.84. The molecule has 10 heteroatoms. The number of hydrogen-bond donors (Lipinski definition) is 4. The Morgan fingerprint density at radius 2 is 1.91 bits per heavy atom. The van der Waals surface area contributed by atoms with Crippen molar-refractivity contribution in [2.45, 2.75) is 39.3 Å². The minimum absolute atomic E-state index is 0. The van der Waals surface area contributed by atoms with Crippen LogP contribution in [0.4, 0.5) is 0 Å². The zero-order valence-electron chi connectivity index (χ0n) is 20.5. The molecule has 35 heavy (non-hydrogen) atoms. The molecule has 0 radical (unpaired) electrons. The van der Waals surface area contributed by atoms with Crippen LogP contribution in [-0.2, 0) is 17.7 Å². The summed E-state index contributed by atoms with van der Waals surface area (Å²) in [6, 6.07) is 11.8. The molecule has 3 aromatic rings. The Morgan fingerprint density at radius 1 is 1.17 bits per heavy atom. The van der Waals surface area contributed by atoms with Crippen molar-refractivity contribution in [1.82, 2.24) is 15.2 Å². The predicted molar refractivity (Wildman–Crippen MR) is 148 cm³/mol. The van der Waals surface area contributed by atoms with E-state index in [4.69, 9.17) is 4.74 Å². The van der Waals surface area contributed by atoms with Gasteiger partial charge in [0.05, 0.1) is 17.5 Å². The molecule has 0 aliphatic rings. The molecule has 2 aromatic carbocycles. The van der Waals surface area contributed by atoms with Crippen molar-refractivity contribution in [3.05, 3.63) is 62.8 Å². The maximum atomic E-state index is 11.7. The highest BCUT2D eigenvalue weighted by Crippen LogP contribution is 2.31. The lowest BCUT2D eigenvalue weighted by Crippen LogP contribution is -2.27. The molecule has 3 rings (SSSR count). The first-order chi connectivity index (χ1) is 15.9. The Balaban J connectivity index is 0.00000306. The van der Waals surface area contributed by atoms with Crippen molar-refractivity contribution in [2.24, 2.45) is 5.92 Å². The van der Waals surface area contributed by atoms with E-state index in [0.717, 1.165) is 43.8 Å². The van der Waals surface area contributed by atoms with Crippen LogP contribution >= 0.6 is 36.2 Å². The van der Waals surface area contributed by atoms with Crippen LogP contribution in [0.15, 0.2) is 41.2 Å². The number of thiazole rings is 1. The number of halogens is 2. The van der Waals surface area contributed by atoms with Crippen LogP contribution in [0.2, 0.25) is 0 Å². The van der Waals surface area contributed by atoms with Gasteiger partial charge in [0.15, 0.2) is 0 Å². The van der Waals surface area contributed by atoms with Crippen LogP contribution in [0.25, 0.3) is 10.2 Å². The summed E-state index contributed by atoms with van der Waals surface area (Å²) in [5.41, 5.74) is 3.53. The Labute approximate surface area is 223 Å². The fourth-order valence-electron chi connectivity index (χ4n) is 3.84. The number of phenolic OH excluding ortho intramolecular Hbond substituents is 1. The fourth-order valence-corrected chi connectivity index (χ4v) is 4.76. The van der Waals surface area contributed by atoms with E-state index in [0.29, 0.717) is 35.0 Å². The van der Waals surface area contributed by atoms with Gasteiger partial charge in [-0.3, -0.25) is 9.69 Å². The van der Waals surface area contributed by atoms with Crippen LogP contribution in [0, 0.1) is 5.92 Å². The van der Waals surface area contributed by atoms with E-state index >= 15 is 0 Å². The van der Waals surface area contributed by atoms with Gasteiger partial charge in [0.1, 0.15) is 11.3 Å². The number of aliphatic hydroxyl groups is 1. The van der Waals surface area contributed by atoms with Crippen LogP contribution in [0.1, 0.15) is 43.1 Å². The van der Waals surface area contributed by atoms with E-state index in [1.165, 1.54) is 17.2 Å². The van der Waals surface area contributed by atoms with Gasteiger partial charge < -0.3 is 25.3 Å². The Morgan fingerprint density at radius 3 is 2.63 bits per heavy atom. The molecule has 0 fully saturated rings. The summed E-state index contributed by atoms with van der Waals surface area (Å²) < 4.78 is 5.97. The fraction of sp³-hybridized carbons (Fsp3) is 0.480.